The Morgan fingerprint density at radius 3 is 2.54 bits per heavy atom. The molecule has 8 heteroatoms. The standard InChI is InChI=1S/C20H20Cl2N2O3S/c1-6-27-19(26)20(4,5)24-11(3)23-17-16(18(24)25)15(10(2)28-17)12-7-8-13(21)14(22)9-12/h7-9H,6H2,1-5H3. The van der Waals surface area contributed by atoms with Gasteiger partial charge in [0, 0.05) is 10.4 Å². The van der Waals surface area contributed by atoms with Crippen LogP contribution in [0.25, 0.3) is 21.3 Å². The van der Waals surface area contributed by atoms with Gasteiger partial charge in [0.1, 0.15) is 16.2 Å². The van der Waals surface area contributed by atoms with Crippen LogP contribution in [0.1, 0.15) is 31.5 Å². The molecule has 0 saturated carbocycles. The zero-order valence-corrected chi connectivity index (χ0v) is 18.6. The summed E-state index contributed by atoms with van der Waals surface area (Å²) in [7, 11) is 0. The van der Waals surface area contributed by atoms with Crippen molar-refractivity contribution in [2.45, 2.75) is 40.2 Å². The Bertz CT molecular complexity index is 1150. The van der Waals surface area contributed by atoms with E-state index in [2.05, 4.69) is 4.98 Å². The molecular weight excluding hydrogens is 419 g/mol. The molecule has 0 saturated heterocycles. The van der Waals surface area contributed by atoms with E-state index in [1.54, 1.807) is 39.8 Å². The van der Waals surface area contributed by atoms with Gasteiger partial charge >= 0.3 is 5.97 Å². The number of esters is 1. The minimum Gasteiger partial charge on any atom is -0.464 e. The van der Waals surface area contributed by atoms with Gasteiger partial charge in [0.25, 0.3) is 5.56 Å². The Kier molecular flexibility index (Phi) is 5.58. The summed E-state index contributed by atoms with van der Waals surface area (Å²) in [6.45, 7) is 8.93. The van der Waals surface area contributed by atoms with Crippen molar-refractivity contribution in [1.29, 1.82) is 0 Å². The van der Waals surface area contributed by atoms with E-state index in [1.807, 2.05) is 13.0 Å². The van der Waals surface area contributed by atoms with E-state index >= 15 is 0 Å². The minimum absolute atomic E-state index is 0.234. The van der Waals surface area contributed by atoms with Gasteiger partial charge in [-0.15, -0.1) is 11.3 Å². The first-order valence-corrected chi connectivity index (χ1v) is 10.3. The van der Waals surface area contributed by atoms with E-state index in [4.69, 9.17) is 27.9 Å². The topological polar surface area (TPSA) is 61.2 Å². The van der Waals surface area contributed by atoms with Gasteiger partial charge in [-0.1, -0.05) is 29.3 Å². The number of nitrogens with zero attached hydrogens (tertiary/aromatic N) is 2. The van der Waals surface area contributed by atoms with E-state index in [0.717, 1.165) is 16.0 Å². The van der Waals surface area contributed by atoms with Gasteiger partial charge < -0.3 is 4.74 Å². The number of aryl methyl sites for hydroxylation is 2. The fraction of sp³-hybridized carbons (Fsp3) is 0.350. The van der Waals surface area contributed by atoms with Crippen molar-refractivity contribution in [2.24, 2.45) is 0 Å². The number of thiophene rings is 1. The Labute approximate surface area is 176 Å². The number of hydrogen-bond acceptors (Lipinski definition) is 5. The summed E-state index contributed by atoms with van der Waals surface area (Å²) in [5.41, 5.74) is 0.0557. The molecule has 2 heterocycles. The van der Waals surface area contributed by atoms with Crippen LogP contribution in [0.3, 0.4) is 0 Å². The van der Waals surface area contributed by atoms with Crippen molar-refractivity contribution < 1.29 is 9.53 Å². The molecule has 0 N–H and O–H groups in total. The average molecular weight is 439 g/mol. The first-order valence-electron chi connectivity index (χ1n) is 8.75. The molecule has 0 amide bonds. The predicted octanol–water partition coefficient (Wildman–Crippen LogP) is 5.35. The van der Waals surface area contributed by atoms with Crippen LogP contribution in [0.2, 0.25) is 10.0 Å². The maximum absolute atomic E-state index is 13.5. The van der Waals surface area contributed by atoms with Crippen LogP contribution >= 0.6 is 34.5 Å². The van der Waals surface area contributed by atoms with Crippen LogP contribution in [0.4, 0.5) is 0 Å². The lowest BCUT2D eigenvalue weighted by atomic mass is 10.0. The lowest BCUT2D eigenvalue weighted by Gasteiger charge is -2.26. The number of carbonyl (C=O) groups excluding carboxylic acids is 1. The van der Waals surface area contributed by atoms with Gasteiger partial charge in [-0.25, -0.2) is 9.78 Å². The third kappa shape index (κ3) is 3.34. The van der Waals surface area contributed by atoms with Gasteiger partial charge in [-0.05, 0) is 52.3 Å². The Hall–Kier alpha value is -1.89. The maximum Gasteiger partial charge on any atom is 0.331 e. The third-order valence-corrected chi connectivity index (χ3v) is 6.35. The van der Waals surface area contributed by atoms with Gasteiger partial charge in [0.15, 0.2) is 0 Å². The first kappa shape index (κ1) is 20.8. The molecule has 0 unspecified atom stereocenters. The lowest BCUT2D eigenvalue weighted by molar-refractivity contribution is -0.152. The fourth-order valence-electron chi connectivity index (χ4n) is 3.32. The highest BCUT2D eigenvalue weighted by Gasteiger charge is 2.35. The molecule has 5 nitrogen and oxygen atoms in total. The molecule has 0 fully saturated rings. The SMILES string of the molecule is CCOC(=O)C(C)(C)n1c(C)nc2sc(C)c(-c3ccc(Cl)c(Cl)c3)c2c1=O. The van der Waals surface area contributed by atoms with E-state index in [9.17, 15) is 9.59 Å². The second-order valence-electron chi connectivity index (χ2n) is 6.92. The minimum atomic E-state index is -1.19. The van der Waals surface area contributed by atoms with Gasteiger partial charge in [0.05, 0.1) is 22.0 Å². The smallest absolute Gasteiger partial charge is 0.331 e. The van der Waals surface area contributed by atoms with Crippen molar-refractivity contribution in [3.05, 3.63) is 49.3 Å². The van der Waals surface area contributed by atoms with Crippen LogP contribution < -0.4 is 5.56 Å². The second-order valence-corrected chi connectivity index (χ2v) is 8.94. The molecular formula is C20H20Cl2N2O3S. The van der Waals surface area contributed by atoms with Gasteiger partial charge in [-0.2, -0.15) is 0 Å². The number of aromatic nitrogens is 2. The summed E-state index contributed by atoms with van der Waals surface area (Å²) in [6, 6.07) is 5.26. The van der Waals surface area contributed by atoms with Crippen molar-refractivity contribution in [2.75, 3.05) is 6.61 Å². The number of benzene rings is 1. The van der Waals surface area contributed by atoms with Crippen molar-refractivity contribution in [3.63, 3.8) is 0 Å². The molecule has 2 aromatic heterocycles. The fourth-order valence-corrected chi connectivity index (χ4v) is 4.70. The first-order chi connectivity index (χ1) is 13.1. The highest BCUT2D eigenvalue weighted by atomic mass is 35.5. The molecule has 0 aliphatic rings. The molecule has 0 aliphatic heterocycles. The molecule has 3 aromatic rings. The largest absolute Gasteiger partial charge is 0.464 e. The van der Waals surface area contributed by atoms with Gasteiger partial charge in [-0.3, -0.25) is 9.36 Å². The van der Waals surface area contributed by atoms with E-state index in [0.29, 0.717) is 26.1 Å². The second kappa shape index (κ2) is 7.50. The predicted molar refractivity (Wildman–Crippen MR) is 115 cm³/mol. The summed E-state index contributed by atoms with van der Waals surface area (Å²) in [6.07, 6.45) is 0. The monoisotopic (exact) mass is 438 g/mol. The van der Waals surface area contributed by atoms with Crippen LogP contribution in [0.15, 0.2) is 23.0 Å². The molecule has 0 atom stereocenters. The highest BCUT2D eigenvalue weighted by Crippen LogP contribution is 2.38. The van der Waals surface area contributed by atoms with Crippen LogP contribution in [0, 0.1) is 13.8 Å². The molecule has 0 bridgehead atoms. The molecule has 3 rings (SSSR count). The Balaban J connectivity index is 2.35. The number of hydrogen-bond donors (Lipinski definition) is 0. The average Bonchev–Trinajstić information content (AvgIpc) is 2.93. The normalized spacial score (nSPS) is 11.8. The number of carbonyl (C=O) groups is 1. The molecule has 0 spiro atoms. The van der Waals surface area contributed by atoms with Crippen LogP contribution in [0.5, 0.6) is 0 Å². The molecule has 0 radical (unpaired) electrons. The third-order valence-electron chi connectivity index (χ3n) is 4.61. The maximum atomic E-state index is 13.5. The number of fused-ring (bicyclic) bond motifs is 1. The summed E-state index contributed by atoms with van der Waals surface area (Å²) >= 11 is 13.7. The summed E-state index contributed by atoms with van der Waals surface area (Å²) in [4.78, 5) is 32.2. The molecule has 28 heavy (non-hydrogen) atoms. The molecule has 1 aromatic carbocycles. The zero-order valence-electron chi connectivity index (χ0n) is 16.2. The van der Waals surface area contributed by atoms with Crippen molar-refractivity contribution in [3.8, 4) is 11.1 Å². The van der Waals surface area contributed by atoms with Crippen LogP contribution in [-0.2, 0) is 15.1 Å². The lowest BCUT2D eigenvalue weighted by Crippen LogP contribution is -2.45. The molecule has 0 aliphatic carbocycles. The number of ether oxygens (including phenoxy) is 1. The summed E-state index contributed by atoms with van der Waals surface area (Å²) in [5, 5.41) is 1.31. The van der Waals surface area contributed by atoms with E-state index < -0.39 is 11.5 Å². The Morgan fingerprint density at radius 2 is 1.93 bits per heavy atom. The number of halogens is 2. The van der Waals surface area contributed by atoms with Crippen molar-refractivity contribution >= 4 is 50.7 Å². The van der Waals surface area contributed by atoms with Crippen LogP contribution in [-0.4, -0.2) is 22.1 Å². The Morgan fingerprint density at radius 1 is 1.25 bits per heavy atom. The molecule has 148 valence electrons. The zero-order chi connectivity index (χ0) is 20.8. The van der Waals surface area contributed by atoms with E-state index in [1.165, 1.54) is 15.9 Å². The van der Waals surface area contributed by atoms with E-state index in [-0.39, 0.29) is 12.2 Å². The summed E-state index contributed by atoms with van der Waals surface area (Å²) in [5.74, 6) is -0.0260. The van der Waals surface area contributed by atoms with Crippen molar-refractivity contribution in [1.82, 2.24) is 9.55 Å². The summed E-state index contributed by atoms with van der Waals surface area (Å²) < 4.78 is 6.58. The number of rotatable bonds is 4. The quantitative estimate of drug-likeness (QED) is 0.515. The highest BCUT2D eigenvalue weighted by molar-refractivity contribution is 7.19. The van der Waals surface area contributed by atoms with Gasteiger partial charge in [0.2, 0.25) is 0 Å².